The molecule has 1 heterocycles. The third-order valence-electron chi connectivity index (χ3n) is 3.14. The molecule has 104 valence electrons. The van der Waals surface area contributed by atoms with Gasteiger partial charge in [-0.15, -0.1) is 11.3 Å². The van der Waals surface area contributed by atoms with E-state index < -0.39 is 0 Å². The first kappa shape index (κ1) is 14.2. The molecule has 0 aliphatic rings. The average molecular weight is 333 g/mol. The van der Waals surface area contributed by atoms with Crippen LogP contribution in [0.25, 0.3) is 10.1 Å². The Morgan fingerprint density at radius 1 is 1.14 bits per heavy atom. The first-order valence-corrected chi connectivity index (χ1v) is 7.85. The number of rotatable bonds is 3. The lowest BCUT2D eigenvalue weighted by molar-refractivity contribution is 1.19. The van der Waals surface area contributed by atoms with Crippen molar-refractivity contribution >= 4 is 50.3 Å². The highest BCUT2D eigenvalue weighted by molar-refractivity contribution is 7.19. The molecular formula is C16H10Cl2N2S. The number of fused-ring (bicyclic) bond motifs is 1. The molecule has 0 amide bonds. The van der Waals surface area contributed by atoms with Crippen LogP contribution in [0.15, 0.2) is 42.5 Å². The second-order valence-corrected chi connectivity index (χ2v) is 6.42. The molecule has 0 radical (unpaired) electrons. The Hall–Kier alpha value is -1.73. The van der Waals surface area contributed by atoms with Crippen molar-refractivity contribution in [1.29, 1.82) is 5.26 Å². The maximum Gasteiger partial charge on any atom is 0.0992 e. The topological polar surface area (TPSA) is 35.8 Å². The smallest absolute Gasteiger partial charge is 0.0992 e. The van der Waals surface area contributed by atoms with Crippen LogP contribution in [0, 0.1) is 11.3 Å². The second-order valence-electron chi connectivity index (χ2n) is 4.50. The summed E-state index contributed by atoms with van der Waals surface area (Å²) < 4.78 is 1.16. The van der Waals surface area contributed by atoms with Gasteiger partial charge in [0.1, 0.15) is 0 Å². The summed E-state index contributed by atoms with van der Waals surface area (Å²) in [7, 11) is 0. The second kappa shape index (κ2) is 5.95. The summed E-state index contributed by atoms with van der Waals surface area (Å²) in [4.78, 5) is 1.05. The van der Waals surface area contributed by atoms with Crippen molar-refractivity contribution in [3.63, 3.8) is 0 Å². The lowest BCUT2D eigenvalue weighted by Crippen LogP contribution is -1.99. The maximum absolute atomic E-state index is 8.94. The van der Waals surface area contributed by atoms with Crippen LogP contribution < -0.4 is 5.32 Å². The minimum atomic E-state index is 0.573. The summed E-state index contributed by atoms with van der Waals surface area (Å²) in [5.41, 5.74) is 1.31. The first-order valence-electron chi connectivity index (χ1n) is 6.28. The molecule has 0 aliphatic heterocycles. The molecule has 2 nitrogen and oxygen atoms in total. The number of hydrogen-bond acceptors (Lipinski definition) is 3. The Bertz CT molecular complexity index is 849. The molecule has 0 fully saturated rings. The first-order chi connectivity index (χ1) is 10.2. The van der Waals surface area contributed by atoms with Crippen LogP contribution in [-0.4, -0.2) is 0 Å². The van der Waals surface area contributed by atoms with Gasteiger partial charge in [0, 0.05) is 15.0 Å². The molecule has 0 saturated carbocycles. The number of thiophene rings is 1. The highest BCUT2D eigenvalue weighted by atomic mass is 35.5. The Balaban J connectivity index is 1.87. The molecule has 21 heavy (non-hydrogen) atoms. The van der Waals surface area contributed by atoms with E-state index >= 15 is 0 Å². The molecule has 2 aromatic carbocycles. The number of nitrogens with one attached hydrogen (secondary N) is 1. The van der Waals surface area contributed by atoms with Crippen molar-refractivity contribution in [3.8, 4) is 6.07 Å². The SMILES string of the molecule is N#Cc1ccc(Cl)c(NCc2sc3ccccc3c2Cl)c1. The van der Waals surface area contributed by atoms with E-state index in [9.17, 15) is 0 Å². The number of benzene rings is 2. The van der Waals surface area contributed by atoms with Gasteiger partial charge in [-0.25, -0.2) is 0 Å². The monoisotopic (exact) mass is 332 g/mol. The average Bonchev–Trinajstić information content (AvgIpc) is 2.83. The zero-order valence-electron chi connectivity index (χ0n) is 10.9. The van der Waals surface area contributed by atoms with Crippen molar-refractivity contribution in [2.75, 3.05) is 5.32 Å². The summed E-state index contributed by atoms with van der Waals surface area (Å²) in [5.74, 6) is 0. The van der Waals surface area contributed by atoms with E-state index in [1.54, 1.807) is 29.5 Å². The van der Waals surface area contributed by atoms with Crippen LogP contribution in [0.5, 0.6) is 0 Å². The van der Waals surface area contributed by atoms with Gasteiger partial charge in [-0.1, -0.05) is 41.4 Å². The van der Waals surface area contributed by atoms with Crippen molar-refractivity contribution in [3.05, 3.63) is 63.0 Å². The van der Waals surface area contributed by atoms with Crippen molar-refractivity contribution in [2.24, 2.45) is 0 Å². The summed E-state index contributed by atoms with van der Waals surface area (Å²) in [6, 6.07) is 15.3. The molecule has 3 rings (SSSR count). The largest absolute Gasteiger partial charge is 0.379 e. The molecule has 1 aromatic heterocycles. The molecule has 0 unspecified atom stereocenters. The number of nitrogens with zero attached hydrogens (tertiary/aromatic N) is 1. The van der Waals surface area contributed by atoms with Gasteiger partial charge >= 0.3 is 0 Å². The summed E-state index contributed by atoms with van der Waals surface area (Å²) >= 11 is 14.2. The zero-order valence-corrected chi connectivity index (χ0v) is 13.2. The molecule has 0 spiro atoms. The van der Waals surface area contributed by atoms with Crippen LogP contribution >= 0.6 is 34.5 Å². The third kappa shape index (κ3) is 2.84. The van der Waals surface area contributed by atoms with Gasteiger partial charge in [0.2, 0.25) is 0 Å². The van der Waals surface area contributed by atoms with Gasteiger partial charge in [-0.2, -0.15) is 5.26 Å². The Kier molecular flexibility index (Phi) is 4.03. The van der Waals surface area contributed by atoms with E-state index in [-0.39, 0.29) is 0 Å². The highest BCUT2D eigenvalue weighted by Gasteiger charge is 2.10. The van der Waals surface area contributed by atoms with Gasteiger partial charge in [-0.3, -0.25) is 0 Å². The third-order valence-corrected chi connectivity index (χ3v) is 5.18. The van der Waals surface area contributed by atoms with Crippen molar-refractivity contribution in [1.82, 2.24) is 0 Å². The van der Waals surface area contributed by atoms with Gasteiger partial charge in [0.15, 0.2) is 0 Å². The molecule has 1 N–H and O–H groups in total. The molecule has 0 aliphatic carbocycles. The van der Waals surface area contributed by atoms with E-state index in [2.05, 4.69) is 17.5 Å². The fourth-order valence-electron chi connectivity index (χ4n) is 2.08. The van der Waals surface area contributed by atoms with Crippen molar-refractivity contribution < 1.29 is 0 Å². The fraction of sp³-hybridized carbons (Fsp3) is 0.0625. The van der Waals surface area contributed by atoms with Gasteiger partial charge in [0.25, 0.3) is 0 Å². The quantitative estimate of drug-likeness (QED) is 0.668. The molecule has 0 bridgehead atoms. The standard InChI is InChI=1S/C16H10Cl2N2S/c17-12-6-5-10(8-19)7-13(12)20-9-15-16(18)11-3-1-2-4-14(11)21-15/h1-7,20H,9H2. The minimum Gasteiger partial charge on any atom is -0.379 e. The predicted octanol–water partition coefficient (Wildman–Crippen LogP) is 5.69. The molecule has 5 heteroatoms. The minimum absolute atomic E-state index is 0.573. The molecule has 0 saturated heterocycles. The highest BCUT2D eigenvalue weighted by Crippen LogP contribution is 2.36. The van der Waals surface area contributed by atoms with E-state index in [0.29, 0.717) is 17.1 Å². The molecule has 0 atom stereocenters. The Morgan fingerprint density at radius 3 is 2.71 bits per heavy atom. The predicted molar refractivity (Wildman–Crippen MR) is 90.3 cm³/mol. The Labute approximate surface area is 136 Å². The number of nitriles is 1. The van der Waals surface area contributed by atoms with Crippen LogP contribution in [0.3, 0.4) is 0 Å². The fourth-order valence-corrected chi connectivity index (χ4v) is 3.71. The van der Waals surface area contributed by atoms with Gasteiger partial charge in [0.05, 0.1) is 33.9 Å². The summed E-state index contributed by atoms with van der Waals surface area (Å²) in [6.45, 7) is 0.576. The van der Waals surface area contributed by atoms with E-state index in [4.69, 9.17) is 28.5 Å². The summed E-state index contributed by atoms with van der Waals surface area (Å²) in [6.07, 6.45) is 0. The van der Waals surface area contributed by atoms with Gasteiger partial charge < -0.3 is 5.32 Å². The zero-order chi connectivity index (χ0) is 14.8. The van der Waals surface area contributed by atoms with Crippen LogP contribution in [0.1, 0.15) is 10.4 Å². The lowest BCUT2D eigenvalue weighted by atomic mass is 10.2. The lowest BCUT2D eigenvalue weighted by Gasteiger charge is -2.07. The van der Waals surface area contributed by atoms with Crippen LogP contribution in [0.4, 0.5) is 5.69 Å². The molecular weight excluding hydrogens is 323 g/mol. The maximum atomic E-state index is 8.94. The van der Waals surface area contributed by atoms with E-state index in [1.807, 2.05) is 18.2 Å². The Morgan fingerprint density at radius 2 is 1.95 bits per heavy atom. The van der Waals surface area contributed by atoms with Gasteiger partial charge in [-0.05, 0) is 24.3 Å². The van der Waals surface area contributed by atoms with Crippen LogP contribution in [0.2, 0.25) is 10.0 Å². The summed E-state index contributed by atoms with van der Waals surface area (Å²) in [5, 5.41) is 14.6. The van der Waals surface area contributed by atoms with Crippen LogP contribution in [-0.2, 0) is 6.54 Å². The van der Waals surface area contributed by atoms with Crippen molar-refractivity contribution in [2.45, 2.75) is 6.54 Å². The van der Waals surface area contributed by atoms with E-state index in [1.165, 1.54) is 0 Å². The molecule has 3 aromatic rings. The van der Waals surface area contributed by atoms with E-state index in [0.717, 1.165) is 25.7 Å². The number of anilines is 1. The normalized spacial score (nSPS) is 10.5. The number of hydrogen-bond donors (Lipinski definition) is 1. The number of halogens is 2.